The van der Waals surface area contributed by atoms with Gasteiger partial charge in [-0.1, -0.05) is 40.0 Å². The van der Waals surface area contributed by atoms with Crippen molar-refractivity contribution in [1.29, 1.82) is 0 Å². The van der Waals surface area contributed by atoms with Crippen LogP contribution in [-0.2, 0) is 11.3 Å². The van der Waals surface area contributed by atoms with Gasteiger partial charge < -0.3 is 9.47 Å². The zero-order valence-electron chi connectivity index (χ0n) is 11.2. The number of hydrogen-bond donors (Lipinski definition) is 0. The largest absolute Gasteiger partial charge is 0.489 e. The molecule has 0 unspecified atom stereocenters. The predicted octanol–water partition coefficient (Wildman–Crippen LogP) is 3.82. The summed E-state index contributed by atoms with van der Waals surface area (Å²) in [4.78, 5) is 11.7. The molecule has 2 aromatic carbocycles. The minimum Gasteiger partial charge on any atom is -0.489 e. The Morgan fingerprint density at radius 2 is 2.00 bits per heavy atom. The van der Waals surface area contributed by atoms with E-state index < -0.39 is 5.97 Å². The lowest BCUT2D eigenvalue weighted by Gasteiger charge is -2.08. The van der Waals surface area contributed by atoms with E-state index in [4.69, 9.17) is 15.9 Å². The fourth-order valence-electron chi connectivity index (χ4n) is 1.70. The first-order valence-electron chi connectivity index (χ1n) is 6.27. The Hall–Kier alpha value is -2.25. The summed E-state index contributed by atoms with van der Waals surface area (Å²) in [6.07, 6.45) is 5.05. The predicted molar refractivity (Wildman–Crippen MR) is 84.0 cm³/mol. The van der Waals surface area contributed by atoms with Gasteiger partial charge in [-0.05, 0) is 35.9 Å². The normalized spacial score (nSPS) is 9.71. The number of carbonyl (C=O) groups excluding carboxylic acids is 1. The molecule has 4 heteroatoms. The molecule has 0 saturated heterocycles. The summed E-state index contributed by atoms with van der Waals surface area (Å²) in [6, 6.07) is 14.7. The third-order valence-electron chi connectivity index (χ3n) is 2.65. The summed E-state index contributed by atoms with van der Waals surface area (Å²) in [5.41, 5.74) is 1.45. The van der Waals surface area contributed by atoms with Gasteiger partial charge in [-0.25, -0.2) is 4.79 Å². The van der Waals surface area contributed by atoms with Gasteiger partial charge in [-0.3, -0.25) is 0 Å². The number of ether oxygens (including phenoxy) is 2. The highest BCUT2D eigenvalue weighted by atomic mass is 79.9. The van der Waals surface area contributed by atoms with E-state index in [0.717, 1.165) is 10.0 Å². The quantitative estimate of drug-likeness (QED) is 0.611. The van der Waals surface area contributed by atoms with Crippen LogP contribution in [0.3, 0.4) is 0 Å². The minimum absolute atomic E-state index is 0.0397. The van der Waals surface area contributed by atoms with Gasteiger partial charge in [-0.2, -0.15) is 0 Å². The van der Waals surface area contributed by atoms with E-state index in [1.807, 2.05) is 24.3 Å². The first-order chi connectivity index (χ1) is 10.2. The molecular formula is C17H13BrO3. The summed E-state index contributed by atoms with van der Waals surface area (Å²) in [7, 11) is 0. The minimum atomic E-state index is -0.458. The Kier molecular flexibility index (Phi) is 5.42. The molecule has 0 atom stereocenters. The van der Waals surface area contributed by atoms with Crippen LogP contribution >= 0.6 is 15.9 Å². The topological polar surface area (TPSA) is 35.5 Å². The Morgan fingerprint density at radius 3 is 2.76 bits per heavy atom. The van der Waals surface area contributed by atoms with Gasteiger partial charge in [0.15, 0.2) is 6.61 Å². The van der Waals surface area contributed by atoms with Gasteiger partial charge in [0.2, 0.25) is 0 Å². The van der Waals surface area contributed by atoms with Crippen molar-refractivity contribution in [2.75, 3.05) is 6.61 Å². The van der Waals surface area contributed by atoms with Crippen LogP contribution < -0.4 is 4.74 Å². The van der Waals surface area contributed by atoms with Crippen LogP contribution in [0.4, 0.5) is 0 Å². The third-order valence-corrected chi connectivity index (χ3v) is 3.14. The highest BCUT2D eigenvalue weighted by Gasteiger charge is 2.07. The molecule has 0 aliphatic rings. The standard InChI is InChI=1S/C17H13BrO3/c1-2-9-20-17(19)14-6-4-8-16(11-14)21-12-13-5-3-7-15(18)10-13/h1,3-8,10-11H,9,12H2. The van der Waals surface area contributed by atoms with Gasteiger partial charge in [0.1, 0.15) is 12.4 Å². The molecule has 0 aliphatic heterocycles. The van der Waals surface area contributed by atoms with Crippen LogP contribution in [0.25, 0.3) is 0 Å². The van der Waals surface area contributed by atoms with E-state index in [2.05, 4.69) is 21.9 Å². The number of carbonyl (C=O) groups is 1. The molecule has 0 N–H and O–H groups in total. The van der Waals surface area contributed by atoms with Gasteiger partial charge in [0.05, 0.1) is 5.56 Å². The Balaban J connectivity index is 2.01. The van der Waals surface area contributed by atoms with E-state index >= 15 is 0 Å². The number of esters is 1. The fourth-order valence-corrected chi connectivity index (χ4v) is 2.14. The molecule has 2 aromatic rings. The van der Waals surface area contributed by atoms with Crippen molar-refractivity contribution in [2.24, 2.45) is 0 Å². The maximum atomic E-state index is 11.7. The van der Waals surface area contributed by atoms with Crippen LogP contribution in [0.2, 0.25) is 0 Å². The van der Waals surface area contributed by atoms with Crippen molar-refractivity contribution < 1.29 is 14.3 Å². The zero-order valence-corrected chi connectivity index (χ0v) is 12.8. The van der Waals surface area contributed by atoms with Gasteiger partial charge in [-0.15, -0.1) is 6.42 Å². The molecule has 2 rings (SSSR count). The molecule has 0 radical (unpaired) electrons. The number of hydrogen-bond acceptors (Lipinski definition) is 3. The maximum absolute atomic E-state index is 11.7. The number of benzene rings is 2. The molecule has 0 aliphatic carbocycles. The summed E-state index contributed by atoms with van der Waals surface area (Å²) in [5.74, 6) is 2.40. The Labute approximate surface area is 132 Å². The number of rotatable bonds is 5. The molecule has 0 amide bonds. The van der Waals surface area contributed by atoms with E-state index in [0.29, 0.717) is 17.9 Å². The van der Waals surface area contributed by atoms with Crippen molar-refractivity contribution >= 4 is 21.9 Å². The Bertz CT molecular complexity index is 674. The highest BCUT2D eigenvalue weighted by molar-refractivity contribution is 9.10. The second kappa shape index (κ2) is 7.51. The van der Waals surface area contributed by atoms with Crippen LogP contribution in [0, 0.1) is 12.3 Å². The molecule has 0 aromatic heterocycles. The lowest BCUT2D eigenvalue weighted by Crippen LogP contribution is -2.05. The van der Waals surface area contributed by atoms with Gasteiger partial charge in [0, 0.05) is 4.47 Å². The van der Waals surface area contributed by atoms with Crippen molar-refractivity contribution in [3.63, 3.8) is 0 Å². The number of halogens is 1. The fraction of sp³-hybridized carbons (Fsp3) is 0.118. The molecular weight excluding hydrogens is 332 g/mol. The molecule has 0 spiro atoms. The van der Waals surface area contributed by atoms with Crippen molar-refractivity contribution in [3.8, 4) is 18.1 Å². The molecule has 0 heterocycles. The summed E-state index contributed by atoms with van der Waals surface area (Å²) < 4.78 is 11.5. The first kappa shape index (κ1) is 15.1. The molecule has 0 fully saturated rings. The average Bonchev–Trinajstić information content (AvgIpc) is 2.51. The molecule has 0 bridgehead atoms. The van der Waals surface area contributed by atoms with Crippen LogP contribution in [-0.4, -0.2) is 12.6 Å². The van der Waals surface area contributed by atoms with Crippen LogP contribution in [0.15, 0.2) is 53.0 Å². The summed E-state index contributed by atoms with van der Waals surface area (Å²) in [6.45, 7) is 0.379. The van der Waals surface area contributed by atoms with Crippen molar-refractivity contribution in [3.05, 3.63) is 64.1 Å². The van der Waals surface area contributed by atoms with E-state index in [1.165, 1.54) is 0 Å². The summed E-state index contributed by atoms with van der Waals surface area (Å²) in [5, 5.41) is 0. The smallest absolute Gasteiger partial charge is 0.339 e. The molecule has 0 saturated carbocycles. The number of terminal acetylenes is 1. The first-order valence-corrected chi connectivity index (χ1v) is 7.06. The van der Waals surface area contributed by atoms with E-state index in [9.17, 15) is 4.79 Å². The van der Waals surface area contributed by atoms with E-state index in [-0.39, 0.29) is 6.61 Å². The summed E-state index contributed by atoms with van der Waals surface area (Å²) >= 11 is 3.41. The highest BCUT2D eigenvalue weighted by Crippen LogP contribution is 2.17. The SMILES string of the molecule is C#CCOC(=O)c1cccc(OCc2cccc(Br)c2)c1. The van der Waals surface area contributed by atoms with Crippen molar-refractivity contribution in [1.82, 2.24) is 0 Å². The monoisotopic (exact) mass is 344 g/mol. The average molecular weight is 345 g/mol. The maximum Gasteiger partial charge on any atom is 0.339 e. The van der Waals surface area contributed by atoms with E-state index in [1.54, 1.807) is 24.3 Å². The zero-order chi connectivity index (χ0) is 15.1. The van der Waals surface area contributed by atoms with Gasteiger partial charge in [0.25, 0.3) is 0 Å². The van der Waals surface area contributed by atoms with Crippen LogP contribution in [0.1, 0.15) is 15.9 Å². The lowest BCUT2D eigenvalue weighted by molar-refractivity contribution is 0.0556. The van der Waals surface area contributed by atoms with Crippen LogP contribution in [0.5, 0.6) is 5.75 Å². The molecule has 106 valence electrons. The second-order valence-electron chi connectivity index (χ2n) is 4.23. The third kappa shape index (κ3) is 4.66. The second-order valence-corrected chi connectivity index (χ2v) is 5.14. The molecule has 21 heavy (non-hydrogen) atoms. The Morgan fingerprint density at radius 1 is 1.19 bits per heavy atom. The van der Waals surface area contributed by atoms with Crippen molar-refractivity contribution in [2.45, 2.75) is 6.61 Å². The lowest BCUT2D eigenvalue weighted by atomic mass is 10.2. The van der Waals surface area contributed by atoms with Gasteiger partial charge >= 0.3 is 5.97 Å². The molecule has 3 nitrogen and oxygen atoms in total.